The van der Waals surface area contributed by atoms with Gasteiger partial charge in [0.2, 0.25) is 0 Å². The van der Waals surface area contributed by atoms with Crippen LogP contribution >= 0.6 is 23.2 Å². The molecule has 4 nitrogen and oxygen atoms in total. The Kier molecular flexibility index (Phi) is 3.73. The third-order valence-electron chi connectivity index (χ3n) is 2.99. The number of carbonyl (C=O) groups excluding carboxylic acids is 1. The first kappa shape index (κ1) is 13.8. The van der Waals surface area contributed by atoms with Crippen LogP contribution in [-0.4, -0.2) is 15.9 Å². The number of benzene rings is 1. The lowest BCUT2D eigenvalue weighted by Gasteiger charge is -2.09. The summed E-state index contributed by atoms with van der Waals surface area (Å²) in [6.45, 7) is 0. The Bertz CT molecular complexity index is 831. The molecule has 0 aliphatic rings. The molecule has 3 rings (SSSR count). The molecule has 1 aromatic carbocycles. The van der Waals surface area contributed by atoms with Gasteiger partial charge in [-0.05, 0) is 29.7 Å². The Hall–Kier alpha value is -2.17. The molecule has 0 spiro atoms. The van der Waals surface area contributed by atoms with Crippen molar-refractivity contribution >= 4 is 45.6 Å². The zero-order valence-corrected chi connectivity index (χ0v) is 12.2. The summed E-state index contributed by atoms with van der Waals surface area (Å²) < 4.78 is 0. The van der Waals surface area contributed by atoms with Gasteiger partial charge in [0.05, 0.1) is 11.3 Å². The van der Waals surface area contributed by atoms with Gasteiger partial charge in [0.25, 0.3) is 5.91 Å². The van der Waals surface area contributed by atoms with Crippen LogP contribution in [0, 0.1) is 0 Å². The second kappa shape index (κ2) is 5.68. The molecular formula is C15H9Cl2N3O. The second-order valence-corrected chi connectivity index (χ2v) is 5.07. The van der Waals surface area contributed by atoms with Gasteiger partial charge in [0, 0.05) is 17.8 Å². The largest absolute Gasteiger partial charge is 0.321 e. The van der Waals surface area contributed by atoms with Crippen LogP contribution in [-0.2, 0) is 0 Å². The maximum absolute atomic E-state index is 12.3. The van der Waals surface area contributed by atoms with Gasteiger partial charge < -0.3 is 5.32 Å². The van der Waals surface area contributed by atoms with Crippen molar-refractivity contribution in [2.45, 2.75) is 0 Å². The summed E-state index contributed by atoms with van der Waals surface area (Å²) >= 11 is 11.7. The third-order valence-corrected chi connectivity index (χ3v) is 3.49. The topological polar surface area (TPSA) is 54.9 Å². The first-order valence-electron chi connectivity index (χ1n) is 6.11. The fourth-order valence-corrected chi connectivity index (χ4v) is 2.42. The van der Waals surface area contributed by atoms with Gasteiger partial charge in [-0.1, -0.05) is 35.3 Å². The molecule has 0 fully saturated rings. The van der Waals surface area contributed by atoms with E-state index in [0.717, 1.165) is 10.8 Å². The van der Waals surface area contributed by atoms with E-state index in [1.165, 1.54) is 12.1 Å². The molecule has 0 unspecified atom stereocenters. The molecule has 104 valence electrons. The molecule has 0 saturated carbocycles. The summed E-state index contributed by atoms with van der Waals surface area (Å²) in [4.78, 5) is 20.2. The van der Waals surface area contributed by atoms with Crippen LogP contribution in [0.5, 0.6) is 0 Å². The lowest BCUT2D eigenvalue weighted by molar-refractivity contribution is 0.102. The summed E-state index contributed by atoms with van der Waals surface area (Å²) in [5.41, 5.74) is 0.929. The molecule has 0 atom stereocenters. The van der Waals surface area contributed by atoms with Gasteiger partial charge in [-0.3, -0.25) is 9.78 Å². The summed E-state index contributed by atoms with van der Waals surface area (Å²) in [7, 11) is 0. The first-order valence-corrected chi connectivity index (χ1v) is 6.87. The highest BCUT2D eigenvalue weighted by atomic mass is 35.5. The van der Waals surface area contributed by atoms with Gasteiger partial charge in [-0.2, -0.15) is 0 Å². The number of hydrogen-bond acceptors (Lipinski definition) is 3. The standard InChI is InChI=1S/C15H9Cl2N3O/c16-13-5-4-10(14(17)20-13)15(21)19-12-3-1-2-9-6-7-18-8-11(9)12/h1-8H,(H,19,21). The van der Waals surface area contributed by atoms with Crippen molar-refractivity contribution in [3.63, 3.8) is 0 Å². The number of amides is 1. The second-order valence-electron chi connectivity index (χ2n) is 4.33. The predicted octanol–water partition coefficient (Wildman–Crippen LogP) is 4.19. The molecule has 1 N–H and O–H groups in total. The predicted molar refractivity (Wildman–Crippen MR) is 84.0 cm³/mol. The molecule has 0 radical (unpaired) electrons. The van der Waals surface area contributed by atoms with Crippen LogP contribution < -0.4 is 5.32 Å². The molecule has 6 heteroatoms. The summed E-state index contributed by atoms with van der Waals surface area (Å²) in [6, 6.07) is 10.5. The highest BCUT2D eigenvalue weighted by Gasteiger charge is 2.13. The van der Waals surface area contributed by atoms with Crippen LogP contribution in [0.25, 0.3) is 10.8 Å². The van der Waals surface area contributed by atoms with Gasteiger partial charge in [0.1, 0.15) is 10.3 Å². The van der Waals surface area contributed by atoms with Crippen molar-refractivity contribution in [2.75, 3.05) is 5.32 Å². The molecule has 21 heavy (non-hydrogen) atoms. The van der Waals surface area contributed by atoms with Crippen LogP contribution in [0.15, 0.2) is 48.8 Å². The number of pyridine rings is 2. The summed E-state index contributed by atoms with van der Waals surface area (Å²) in [5.74, 6) is -0.347. The zero-order valence-electron chi connectivity index (χ0n) is 10.7. The minimum atomic E-state index is -0.347. The number of aromatic nitrogens is 2. The van der Waals surface area contributed by atoms with Gasteiger partial charge >= 0.3 is 0 Å². The Morgan fingerprint density at radius 3 is 2.76 bits per heavy atom. The van der Waals surface area contributed by atoms with E-state index in [9.17, 15) is 4.79 Å². The highest BCUT2D eigenvalue weighted by molar-refractivity contribution is 6.35. The Labute approximate surface area is 130 Å². The lowest BCUT2D eigenvalue weighted by atomic mass is 10.1. The van der Waals surface area contributed by atoms with E-state index in [2.05, 4.69) is 15.3 Å². The zero-order chi connectivity index (χ0) is 14.8. The van der Waals surface area contributed by atoms with E-state index < -0.39 is 0 Å². The van der Waals surface area contributed by atoms with Crippen molar-refractivity contribution in [1.82, 2.24) is 9.97 Å². The number of rotatable bonds is 2. The molecule has 0 aliphatic heterocycles. The highest BCUT2D eigenvalue weighted by Crippen LogP contribution is 2.24. The molecule has 3 aromatic rings. The number of anilines is 1. The number of fused-ring (bicyclic) bond motifs is 1. The fourth-order valence-electron chi connectivity index (χ4n) is 1.99. The maximum atomic E-state index is 12.3. The van der Waals surface area contributed by atoms with Crippen molar-refractivity contribution in [2.24, 2.45) is 0 Å². The smallest absolute Gasteiger partial charge is 0.258 e. The minimum absolute atomic E-state index is 0.0679. The molecule has 0 aliphatic carbocycles. The number of carbonyl (C=O) groups is 1. The van der Waals surface area contributed by atoms with E-state index in [-0.39, 0.29) is 21.8 Å². The number of hydrogen-bond donors (Lipinski definition) is 1. The monoisotopic (exact) mass is 317 g/mol. The van der Waals surface area contributed by atoms with E-state index in [1.54, 1.807) is 18.5 Å². The number of nitrogens with one attached hydrogen (secondary N) is 1. The summed E-state index contributed by atoms with van der Waals surface area (Å²) in [6.07, 6.45) is 3.40. The van der Waals surface area contributed by atoms with Gasteiger partial charge in [-0.25, -0.2) is 4.98 Å². The van der Waals surface area contributed by atoms with Gasteiger partial charge in [0.15, 0.2) is 0 Å². The number of nitrogens with zero attached hydrogens (tertiary/aromatic N) is 2. The van der Waals surface area contributed by atoms with Crippen molar-refractivity contribution in [3.05, 3.63) is 64.7 Å². The van der Waals surface area contributed by atoms with Crippen molar-refractivity contribution < 1.29 is 4.79 Å². The van der Waals surface area contributed by atoms with Crippen LogP contribution in [0.3, 0.4) is 0 Å². The SMILES string of the molecule is O=C(Nc1cccc2ccncc12)c1ccc(Cl)nc1Cl. The minimum Gasteiger partial charge on any atom is -0.321 e. The molecule has 2 aromatic heterocycles. The third kappa shape index (κ3) is 2.82. The van der Waals surface area contributed by atoms with E-state index in [4.69, 9.17) is 23.2 Å². The van der Waals surface area contributed by atoms with Crippen LogP contribution in [0.4, 0.5) is 5.69 Å². The molecule has 0 saturated heterocycles. The molecule has 0 bridgehead atoms. The first-order chi connectivity index (χ1) is 10.1. The average Bonchev–Trinajstić information content (AvgIpc) is 2.47. The Morgan fingerprint density at radius 1 is 1.10 bits per heavy atom. The van der Waals surface area contributed by atoms with Crippen LogP contribution in [0.2, 0.25) is 10.3 Å². The quantitative estimate of drug-likeness (QED) is 0.721. The fraction of sp³-hybridized carbons (Fsp3) is 0. The summed E-state index contributed by atoms with van der Waals surface area (Å²) in [5, 5.41) is 4.97. The molecular weight excluding hydrogens is 309 g/mol. The Balaban J connectivity index is 1.97. The van der Waals surface area contributed by atoms with E-state index >= 15 is 0 Å². The number of halogens is 2. The van der Waals surface area contributed by atoms with Crippen molar-refractivity contribution in [1.29, 1.82) is 0 Å². The van der Waals surface area contributed by atoms with E-state index in [0.29, 0.717) is 5.69 Å². The van der Waals surface area contributed by atoms with E-state index in [1.807, 2.05) is 18.2 Å². The average molecular weight is 318 g/mol. The maximum Gasteiger partial charge on any atom is 0.258 e. The van der Waals surface area contributed by atoms with Gasteiger partial charge in [-0.15, -0.1) is 0 Å². The Morgan fingerprint density at radius 2 is 1.95 bits per heavy atom. The molecule has 1 amide bonds. The normalized spacial score (nSPS) is 10.6. The van der Waals surface area contributed by atoms with Crippen molar-refractivity contribution in [3.8, 4) is 0 Å². The van der Waals surface area contributed by atoms with Crippen LogP contribution in [0.1, 0.15) is 10.4 Å². The lowest BCUT2D eigenvalue weighted by Crippen LogP contribution is -2.13. The molecule has 2 heterocycles.